The van der Waals surface area contributed by atoms with Crippen LogP contribution in [-0.4, -0.2) is 52.3 Å². The summed E-state index contributed by atoms with van der Waals surface area (Å²) in [5.74, 6) is -1.72. The lowest BCUT2D eigenvalue weighted by Crippen LogP contribution is -2.46. The van der Waals surface area contributed by atoms with Crippen LogP contribution in [0.4, 0.5) is 5.69 Å². The van der Waals surface area contributed by atoms with E-state index >= 15 is 0 Å². The van der Waals surface area contributed by atoms with Crippen LogP contribution in [0, 0.1) is 23.7 Å². The van der Waals surface area contributed by atoms with Gasteiger partial charge in [-0.2, -0.15) is 0 Å². The number of hydrogen-bond donors (Lipinski definition) is 4. The van der Waals surface area contributed by atoms with Gasteiger partial charge in [0.25, 0.3) is 0 Å². The van der Waals surface area contributed by atoms with Gasteiger partial charge in [0.1, 0.15) is 5.75 Å². The molecule has 0 radical (unpaired) electrons. The van der Waals surface area contributed by atoms with E-state index in [2.05, 4.69) is 19.9 Å². The molecule has 0 bridgehead atoms. The molecule has 2 aliphatic heterocycles. The van der Waals surface area contributed by atoms with Crippen LogP contribution in [-0.2, 0) is 14.2 Å². The first kappa shape index (κ1) is 28.4. The van der Waals surface area contributed by atoms with Gasteiger partial charge in [0, 0.05) is 0 Å². The molecule has 4 atom stereocenters. The summed E-state index contributed by atoms with van der Waals surface area (Å²) in [6, 6.07) is 13.2. The number of hydrogen-bond acceptors (Lipinski definition) is 7. The third kappa shape index (κ3) is 5.41. The van der Waals surface area contributed by atoms with Crippen LogP contribution in [0.1, 0.15) is 45.6 Å². The number of benzene rings is 2. The number of nitrogens with zero attached hydrogens (tertiary/aromatic N) is 1. The maximum atomic E-state index is 13.9. The molecule has 40 heavy (non-hydrogen) atoms. The molecular weight excluding hydrogens is 508 g/mol. The first-order valence-electron chi connectivity index (χ1n) is 13.9. The average Bonchev–Trinajstić information content (AvgIpc) is 3.17. The fourth-order valence-corrected chi connectivity index (χ4v) is 6.61. The normalized spacial score (nSPS) is 25.0. The van der Waals surface area contributed by atoms with Crippen LogP contribution < -0.4 is 10.4 Å². The molecule has 2 amide bonds. The van der Waals surface area contributed by atoms with E-state index in [9.17, 15) is 29.8 Å². The minimum Gasteiger partial charge on any atom is -0.508 e. The van der Waals surface area contributed by atoms with Gasteiger partial charge in [-0.1, -0.05) is 55.3 Å². The van der Waals surface area contributed by atoms with Crippen molar-refractivity contribution in [3.63, 3.8) is 0 Å². The maximum Gasteiger partial charge on any atom is 0.488 e. The molecule has 1 aliphatic carbocycles. The lowest BCUT2D eigenvalue weighted by atomic mass is 9.57. The van der Waals surface area contributed by atoms with E-state index in [0.29, 0.717) is 24.9 Å². The van der Waals surface area contributed by atoms with Crippen molar-refractivity contribution in [2.75, 3.05) is 4.90 Å². The van der Waals surface area contributed by atoms with Gasteiger partial charge in [0.15, 0.2) is 0 Å². The van der Waals surface area contributed by atoms with E-state index in [1.807, 2.05) is 19.1 Å². The molecule has 3 aliphatic rings. The van der Waals surface area contributed by atoms with Crippen LogP contribution in [0.15, 0.2) is 65.3 Å². The Balaban J connectivity index is 1.44. The Morgan fingerprint density at radius 2 is 1.85 bits per heavy atom. The minimum absolute atomic E-state index is 0.137. The van der Waals surface area contributed by atoms with Gasteiger partial charge in [-0.05, 0) is 85.2 Å². The predicted molar refractivity (Wildman–Crippen MR) is 154 cm³/mol. The smallest absolute Gasteiger partial charge is 0.488 e. The number of phenols is 1. The number of imide groups is 1. The topological polar surface area (TPSA) is 128 Å². The number of phenolic OH excluding ortho intramolecular Hbond substituents is 1. The van der Waals surface area contributed by atoms with Gasteiger partial charge in [0.2, 0.25) is 11.8 Å². The van der Waals surface area contributed by atoms with Crippen LogP contribution in [0.2, 0.25) is 6.32 Å². The Morgan fingerprint density at radius 3 is 2.52 bits per heavy atom. The molecule has 2 aromatic carbocycles. The summed E-state index contributed by atoms with van der Waals surface area (Å²) in [5.41, 5.74) is 4.78. The van der Waals surface area contributed by atoms with Gasteiger partial charge in [-0.25, -0.2) is 0 Å². The van der Waals surface area contributed by atoms with Crippen LogP contribution in [0.25, 0.3) is 6.08 Å². The van der Waals surface area contributed by atoms with E-state index in [4.69, 9.17) is 4.65 Å². The first-order chi connectivity index (χ1) is 19.0. The summed E-state index contributed by atoms with van der Waals surface area (Å²) in [7, 11) is -2.76. The van der Waals surface area contributed by atoms with E-state index in [1.165, 1.54) is 17.0 Å². The summed E-state index contributed by atoms with van der Waals surface area (Å²) in [6.45, 7) is 6.21. The Kier molecular flexibility index (Phi) is 8.06. The Hall–Kier alpha value is -3.17. The number of carbonyl (C=O) groups is 2. The van der Waals surface area contributed by atoms with E-state index in [1.54, 1.807) is 24.3 Å². The Labute approximate surface area is 235 Å². The van der Waals surface area contributed by atoms with Crippen molar-refractivity contribution in [2.24, 2.45) is 23.7 Å². The number of carbonyl (C=O) groups excluding carboxylic acids is 2. The minimum atomic E-state index is -1.71. The zero-order valence-corrected chi connectivity index (χ0v) is 23.0. The SMILES string of the molecule is C/C(=C\c1ccc(O)cc1)CC[C@H]1OB(O)C[C@H]2C1=C(C(C)C)C[C@H]1C(=O)N(c3cccc(B(O)O)c3)C(=O)[C@H]12. The van der Waals surface area contributed by atoms with Crippen molar-refractivity contribution >= 4 is 43.3 Å². The van der Waals surface area contributed by atoms with Gasteiger partial charge in [-0.15, -0.1) is 0 Å². The molecule has 2 saturated heterocycles. The summed E-state index contributed by atoms with van der Waals surface area (Å²) in [5, 5.41) is 39.6. The number of aromatic hydroxyl groups is 1. The Morgan fingerprint density at radius 1 is 1.12 bits per heavy atom. The lowest BCUT2D eigenvalue weighted by molar-refractivity contribution is -0.122. The van der Waals surface area contributed by atoms with Gasteiger partial charge < -0.3 is 24.8 Å². The van der Waals surface area contributed by atoms with E-state index < -0.39 is 26.1 Å². The lowest BCUT2D eigenvalue weighted by Gasteiger charge is -2.44. The van der Waals surface area contributed by atoms with Crippen LogP contribution in [0.5, 0.6) is 5.75 Å². The zero-order valence-electron chi connectivity index (χ0n) is 23.0. The summed E-state index contributed by atoms with van der Waals surface area (Å²) >= 11 is 0. The van der Waals surface area contributed by atoms with Crippen molar-refractivity contribution in [3.8, 4) is 5.75 Å². The molecule has 0 aromatic heterocycles. The molecule has 8 nitrogen and oxygen atoms in total. The number of fused-ring (bicyclic) bond motifs is 3. The second kappa shape index (κ2) is 11.4. The quantitative estimate of drug-likeness (QED) is 0.240. The maximum absolute atomic E-state index is 13.9. The second-order valence-corrected chi connectivity index (χ2v) is 11.5. The highest BCUT2D eigenvalue weighted by atomic mass is 16.5. The molecule has 0 unspecified atom stereocenters. The number of allylic oxidation sites excluding steroid dienone is 2. The highest BCUT2D eigenvalue weighted by molar-refractivity contribution is 6.58. The van der Waals surface area contributed by atoms with Crippen molar-refractivity contribution in [1.82, 2.24) is 0 Å². The second-order valence-electron chi connectivity index (χ2n) is 11.5. The predicted octanol–water partition coefficient (Wildman–Crippen LogP) is 2.91. The summed E-state index contributed by atoms with van der Waals surface area (Å²) < 4.78 is 6.09. The number of amides is 2. The summed E-state index contributed by atoms with van der Waals surface area (Å²) in [4.78, 5) is 28.7. The third-order valence-corrected chi connectivity index (χ3v) is 8.47. The standard InChI is InChI=1S/C30H35B2NO7/c1-17(2)23-15-24-28(30(36)33(29(24)35)21-6-4-5-20(14-21)32(38)39)25-16-31(37)40-26(27(23)25)12-7-18(3)13-19-8-10-22(34)11-9-19/h4-6,8-11,13-14,17,24-26,28,34,37-39H,7,12,15-16H2,1-3H3/b18-13+/t24-,25+,26-,28-/m1/s1. The van der Waals surface area contributed by atoms with Crippen LogP contribution in [0.3, 0.4) is 0 Å². The highest BCUT2D eigenvalue weighted by Gasteiger charge is 2.57. The molecule has 2 aromatic rings. The van der Waals surface area contributed by atoms with Crippen molar-refractivity contribution < 1.29 is 34.4 Å². The molecule has 5 rings (SSSR count). The number of anilines is 1. The fourth-order valence-electron chi connectivity index (χ4n) is 6.61. The highest BCUT2D eigenvalue weighted by Crippen LogP contribution is 2.52. The largest absolute Gasteiger partial charge is 0.508 e. The van der Waals surface area contributed by atoms with Crippen LogP contribution >= 0.6 is 0 Å². The third-order valence-electron chi connectivity index (χ3n) is 8.47. The van der Waals surface area contributed by atoms with Crippen molar-refractivity contribution in [2.45, 2.75) is 52.5 Å². The van der Waals surface area contributed by atoms with E-state index in [-0.39, 0.29) is 47.3 Å². The first-order valence-corrected chi connectivity index (χ1v) is 13.9. The monoisotopic (exact) mass is 543 g/mol. The molecule has 4 N–H and O–H groups in total. The summed E-state index contributed by atoms with van der Waals surface area (Å²) in [6.07, 6.45) is 3.71. The van der Waals surface area contributed by atoms with Gasteiger partial charge in [0.05, 0.1) is 23.6 Å². The molecule has 2 fully saturated rings. The van der Waals surface area contributed by atoms with Crippen molar-refractivity contribution in [1.29, 1.82) is 0 Å². The molecule has 10 heteroatoms. The molecule has 208 valence electrons. The van der Waals surface area contributed by atoms with Gasteiger partial charge >= 0.3 is 14.2 Å². The molecule has 2 heterocycles. The zero-order chi connectivity index (χ0) is 28.7. The molecular formula is C30H35B2NO7. The number of rotatable bonds is 7. The molecule has 0 spiro atoms. The van der Waals surface area contributed by atoms with E-state index in [0.717, 1.165) is 22.3 Å². The average molecular weight is 543 g/mol. The molecule has 0 saturated carbocycles. The van der Waals surface area contributed by atoms with Gasteiger partial charge in [-0.3, -0.25) is 14.5 Å². The van der Waals surface area contributed by atoms with Crippen molar-refractivity contribution in [3.05, 3.63) is 70.8 Å². The fraction of sp³-hybridized carbons (Fsp3) is 0.400. The Bertz CT molecular complexity index is 1350.